The van der Waals surface area contributed by atoms with Gasteiger partial charge in [-0.1, -0.05) is 48.5 Å². The second-order valence-electron chi connectivity index (χ2n) is 6.43. The molecule has 0 bridgehead atoms. The lowest BCUT2D eigenvalue weighted by Gasteiger charge is -2.11. The second-order valence-corrected chi connectivity index (χ2v) is 6.96. The molecule has 0 saturated carbocycles. The molecule has 0 atom stereocenters. The van der Waals surface area contributed by atoms with Gasteiger partial charge in [-0.25, -0.2) is 0 Å². The number of hydrogen-bond acceptors (Lipinski definition) is 4. The van der Waals surface area contributed by atoms with E-state index in [-0.39, 0.29) is 5.91 Å². The van der Waals surface area contributed by atoms with Gasteiger partial charge in [-0.2, -0.15) is 8.75 Å². The lowest BCUT2D eigenvalue weighted by Crippen LogP contribution is -2.13. The summed E-state index contributed by atoms with van der Waals surface area (Å²) >= 11 is 1.19. The highest BCUT2D eigenvalue weighted by Gasteiger charge is 2.23. The van der Waals surface area contributed by atoms with Gasteiger partial charge in [0.05, 0.1) is 22.9 Å². The SMILES string of the molecule is Cc1c(-c2cccc3nsnc23)n(C(=O)c2ccccc2)c2ccccc12. The van der Waals surface area contributed by atoms with Crippen LogP contribution in [0.2, 0.25) is 0 Å². The summed E-state index contributed by atoms with van der Waals surface area (Å²) in [7, 11) is 0. The van der Waals surface area contributed by atoms with E-state index >= 15 is 0 Å². The highest BCUT2D eigenvalue weighted by Crippen LogP contribution is 2.36. The van der Waals surface area contributed by atoms with Gasteiger partial charge in [0, 0.05) is 16.5 Å². The molecule has 5 aromatic rings. The first-order valence-corrected chi connectivity index (χ1v) is 9.40. The summed E-state index contributed by atoms with van der Waals surface area (Å²) in [4.78, 5) is 13.5. The zero-order valence-electron chi connectivity index (χ0n) is 14.6. The number of carbonyl (C=O) groups is 1. The van der Waals surface area contributed by atoms with Gasteiger partial charge in [0.1, 0.15) is 11.0 Å². The van der Waals surface area contributed by atoms with Crippen molar-refractivity contribution in [1.82, 2.24) is 13.3 Å². The summed E-state index contributed by atoms with van der Waals surface area (Å²) < 4.78 is 10.7. The number of fused-ring (bicyclic) bond motifs is 2. The minimum absolute atomic E-state index is 0.0462. The van der Waals surface area contributed by atoms with Gasteiger partial charge >= 0.3 is 0 Å². The van der Waals surface area contributed by atoms with Crippen LogP contribution >= 0.6 is 11.7 Å². The van der Waals surface area contributed by atoms with Gasteiger partial charge in [0.15, 0.2) is 0 Å². The fourth-order valence-corrected chi connectivity index (χ4v) is 4.19. The molecule has 0 saturated heterocycles. The number of carbonyl (C=O) groups excluding carboxylic acids is 1. The molecule has 0 amide bonds. The van der Waals surface area contributed by atoms with Crippen LogP contribution in [0.1, 0.15) is 15.9 Å². The molecule has 27 heavy (non-hydrogen) atoms. The topological polar surface area (TPSA) is 47.8 Å². The van der Waals surface area contributed by atoms with Gasteiger partial charge in [-0.05, 0) is 36.8 Å². The monoisotopic (exact) mass is 369 g/mol. The van der Waals surface area contributed by atoms with Gasteiger partial charge in [-0.15, -0.1) is 0 Å². The quantitative estimate of drug-likeness (QED) is 0.424. The Bertz CT molecular complexity index is 1300. The first kappa shape index (κ1) is 15.9. The number of aryl methyl sites for hydroxylation is 1. The van der Waals surface area contributed by atoms with Crippen LogP contribution in [-0.2, 0) is 0 Å². The molecule has 2 aromatic heterocycles. The van der Waals surface area contributed by atoms with Gasteiger partial charge < -0.3 is 0 Å². The molecule has 0 aliphatic heterocycles. The first-order chi connectivity index (χ1) is 13.3. The molecule has 130 valence electrons. The van der Waals surface area contributed by atoms with Crippen LogP contribution in [0.15, 0.2) is 72.8 Å². The highest BCUT2D eigenvalue weighted by atomic mass is 32.1. The van der Waals surface area contributed by atoms with Crippen LogP contribution in [0.3, 0.4) is 0 Å². The van der Waals surface area contributed by atoms with E-state index in [0.29, 0.717) is 5.56 Å². The normalized spacial score (nSPS) is 11.3. The van der Waals surface area contributed by atoms with Crippen molar-refractivity contribution >= 4 is 39.6 Å². The molecule has 0 aliphatic carbocycles. The minimum atomic E-state index is -0.0462. The Morgan fingerprint density at radius 2 is 1.67 bits per heavy atom. The third-order valence-electron chi connectivity index (χ3n) is 4.89. The Balaban J connectivity index is 1.89. The van der Waals surface area contributed by atoms with Crippen molar-refractivity contribution in [1.29, 1.82) is 0 Å². The maximum atomic E-state index is 13.5. The van der Waals surface area contributed by atoms with E-state index in [1.807, 2.05) is 71.3 Å². The summed E-state index contributed by atoms with van der Waals surface area (Å²) in [5.41, 5.74) is 6.11. The fraction of sp³-hybridized carbons (Fsp3) is 0.0455. The van der Waals surface area contributed by atoms with Crippen molar-refractivity contribution in [3.8, 4) is 11.3 Å². The average molecular weight is 369 g/mol. The molecule has 0 unspecified atom stereocenters. The third-order valence-corrected chi connectivity index (χ3v) is 5.44. The number of para-hydroxylation sites is 1. The number of aromatic nitrogens is 3. The van der Waals surface area contributed by atoms with Gasteiger partial charge in [0.25, 0.3) is 5.91 Å². The molecule has 3 aromatic carbocycles. The number of hydrogen-bond donors (Lipinski definition) is 0. The standard InChI is InChI=1S/C22H15N3OS/c1-14-16-10-5-6-13-19(16)25(22(26)15-8-3-2-4-9-15)21(14)17-11-7-12-18-20(17)24-27-23-18/h2-13H,1H3. The second kappa shape index (κ2) is 6.14. The number of rotatable bonds is 2. The van der Waals surface area contributed by atoms with Crippen molar-refractivity contribution in [2.45, 2.75) is 6.92 Å². The first-order valence-electron chi connectivity index (χ1n) is 8.67. The van der Waals surface area contributed by atoms with Gasteiger partial charge in [0.2, 0.25) is 0 Å². The summed E-state index contributed by atoms with van der Waals surface area (Å²) in [5.74, 6) is -0.0462. The van der Waals surface area contributed by atoms with E-state index in [0.717, 1.165) is 38.8 Å². The fourth-order valence-electron chi connectivity index (χ4n) is 3.64. The predicted molar refractivity (Wildman–Crippen MR) is 109 cm³/mol. The molecule has 4 nitrogen and oxygen atoms in total. The largest absolute Gasteiger partial charge is 0.275 e. The Labute approximate surface area is 160 Å². The zero-order chi connectivity index (χ0) is 18.4. The van der Waals surface area contributed by atoms with E-state index in [1.54, 1.807) is 0 Å². The van der Waals surface area contributed by atoms with Crippen LogP contribution in [0.5, 0.6) is 0 Å². The van der Waals surface area contributed by atoms with Crippen LogP contribution in [0.4, 0.5) is 0 Å². The van der Waals surface area contributed by atoms with E-state index < -0.39 is 0 Å². The van der Waals surface area contributed by atoms with Crippen molar-refractivity contribution < 1.29 is 4.79 Å². The van der Waals surface area contributed by atoms with E-state index in [9.17, 15) is 4.79 Å². The lowest BCUT2D eigenvalue weighted by molar-refractivity contribution is 0.0966. The number of nitrogens with zero attached hydrogens (tertiary/aromatic N) is 3. The van der Waals surface area contributed by atoms with E-state index in [1.165, 1.54) is 11.7 Å². The summed E-state index contributed by atoms with van der Waals surface area (Å²) in [5, 5.41) is 1.07. The van der Waals surface area contributed by atoms with E-state index in [4.69, 9.17) is 0 Å². The molecule has 5 rings (SSSR count). The third kappa shape index (κ3) is 2.39. The molecular weight excluding hydrogens is 354 g/mol. The average Bonchev–Trinajstić information content (AvgIpc) is 3.31. The molecule has 0 N–H and O–H groups in total. The Morgan fingerprint density at radius 3 is 2.52 bits per heavy atom. The minimum Gasteiger partial charge on any atom is -0.275 e. The van der Waals surface area contributed by atoms with Crippen LogP contribution in [0, 0.1) is 6.92 Å². The zero-order valence-corrected chi connectivity index (χ0v) is 15.4. The molecule has 2 heterocycles. The molecule has 0 fully saturated rings. The Hall–Kier alpha value is -3.31. The van der Waals surface area contributed by atoms with Crippen molar-refractivity contribution in [3.05, 3.63) is 83.9 Å². The summed E-state index contributed by atoms with van der Waals surface area (Å²) in [6.45, 7) is 2.06. The molecule has 0 spiro atoms. The summed E-state index contributed by atoms with van der Waals surface area (Å²) in [6.07, 6.45) is 0. The van der Waals surface area contributed by atoms with E-state index in [2.05, 4.69) is 21.7 Å². The van der Waals surface area contributed by atoms with Crippen molar-refractivity contribution in [2.24, 2.45) is 0 Å². The smallest absolute Gasteiger partial charge is 0.262 e. The highest BCUT2D eigenvalue weighted by molar-refractivity contribution is 7.00. The molecular formula is C22H15N3OS. The van der Waals surface area contributed by atoms with Crippen LogP contribution in [-0.4, -0.2) is 19.2 Å². The van der Waals surface area contributed by atoms with Crippen molar-refractivity contribution in [3.63, 3.8) is 0 Å². The molecule has 5 heteroatoms. The lowest BCUT2D eigenvalue weighted by atomic mass is 10.0. The van der Waals surface area contributed by atoms with Crippen LogP contribution in [0.25, 0.3) is 33.2 Å². The van der Waals surface area contributed by atoms with Gasteiger partial charge in [-0.3, -0.25) is 9.36 Å². The van der Waals surface area contributed by atoms with Crippen molar-refractivity contribution in [2.75, 3.05) is 0 Å². The molecule has 0 radical (unpaired) electrons. The van der Waals surface area contributed by atoms with Crippen LogP contribution < -0.4 is 0 Å². The predicted octanol–water partition coefficient (Wildman–Crippen LogP) is 5.31. The number of benzene rings is 3. The maximum Gasteiger partial charge on any atom is 0.262 e. The Morgan fingerprint density at radius 1 is 0.889 bits per heavy atom. The summed E-state index contributed by atoms with van der Waals surface area (Å²) in [6, 6.07) is 23.3. The Kier molecular flexibility index (Phi) is 3.62. The molecule has 0 aliphatic rings. The maximum absolute atomic E-state index is 13.5.